The number of carbonyl (C=O) groups is 1. The van der Waals surface area contributed by atoms with Crippen LogP contribution in [0.5, 0.6) is 0 Å². The highest BCUT2D eigenvalue weighted by molar-refractivity contribution is 5.91. The van der Waals surface area contributed by atoms with Gasteiger partial charge in [0.1, 0.15) is 0 Å². The second kappa shape index (κ2) is 5.09. The summed E-state index contributed by atoms with van der Waals surface area (Å²) in [6.45, 7) is 12.9. The molecule has 1 aliphatic carbocycles. The highest BCUT2D eigenvalue weighted by Crippen LogP contribution is 2.49. The van der Waals surface area contributed by atoms with Crippen molar-refractivity contribution in [1.82, 2.24) is 4.90 Å². The zero-order chi connectivity index (χ0) is 13.4. The highest BCUT2D eigenvalue weighted by atomic mass is 16.1. The van der Waals surface area contributed by atoms with Crippen LogP contribution in [-0.2, 0) is 4.79 Å². The third kappa shape index (κ3) is 2.29. The van der Waals surface area contributed by atoms with E-state index in [-0.39, 0.29) is 11.5 Å². The average molecular weight is 239 g/mol. The molecule has 0 bridgehead atoms. The molecule has 0 amide bonds. The van der Waals surface area contributed by atoms with E-state index < -0.39 is 0 Å². The van der Waals surface area contributed by atoms with E-state index >= 15 is 0 Å². The summed E-state index contributed by atoms with van der Waals surface area (Å²) < 4.78 is 0. The Hall–Kier alpha value is -0.370. The van der Waals surface area contributed by atoms with Crippen molar-refractivity contribution in [2.24, 2.45) is 17.8 Å². The minimum Gasteiger partial charge on any atom is -0.297 e. The third-order valence-electron chi connectivity index (χ3n) is 4.61. The van der Waals surface area contributed by atoms with Gasteiger partial charge in [0.15, 0.2) is 5.78 Å². The van der Waals surface area contributed by atoms with E-state index in [4.69, 9.17) is 0 Å². The lowest BCUT2D eigenvalue weighted by molar-refractivity contribution is -0.152. The van der Waals surface area contributed by atoms with Gasteiger partial charge in [-0.3, -0.25) is 9.69 Å². The Bertz CT molecular complexity index is 271. The summed E-state index contributed by atoms with van der Waals surface area (Å²) in [5.41, 5.74) is -0.184. The fourth-order valence-corrected chi connectivity index (χ4v) is 3.35. The van der Waals surface area contributed by atoms with E-state index in [2.05, 4.69) is 39.6 Å². The number of likely N-dealkylation sites (N-methyl/N-ethyl adjacent to an activating group) is 1. The van der Waals surface area contributed by atoms with Crippen LogP contribution in [0.25, 0.3) is 0 Å². The number of hydrogen-bond acceptors (Lipinski definition) is 2. The summed E-state index contributed by atoms with van der Waals surface area (Å²) in [6.07, 6.45) is 2.24. The zero-order valence-electron chi connectivity index (χ0n) is 12.6. The second-order valence-corrected chi connectivity index (χ2v) is 6.54. The van der Waals surface area contributed by atoms with Gasteiger partial charge >= 0.3 is 0 Å². The third-order valence-corrected chi connectivity index (χ3v) is 4.61. The van der Waals surface area contributed by atoms with E-state index in [1.165, 1.54) is 6.42 Å². The Balaban J connectivity index is 3.06. The summed E-state index contributed by atoms with van der Waals surface area (Å²) in [7, 11) is 2.12. The standard InChI is InChI=1S/C15H29NO/c1-10(2)13-8-9-15(13,14(17)11(3)4)16(7)12(5)6/h10-13H,8-9H2,1-7H3. The Morgan fingerprint density at radius 1 is 1.18 bits per heavy atom. The van der Waals surface area contributed by atoms with Crippen LogP contribution in [0.2, 0.25) is 0 Å². The van der Waals surface area contributed by atoms with E-state index in [0.717, 1.165) is 6.42 Å². The molecule has 2 unspecified atom stereocenters. The van der Waals surface area contributed by atoms with E-state index in [1.807, 2.05) is 13.8 Å². The number of carbonyl (C=O) groups excluding carboxylic acids is 1. The summed E-state index contributed by atoms with van der Waals surface area (Å²) in [4.78, 5) is 15.0. The lowest BCUT2D eigenvalue weighted by Gasteiger charge is -2.57. The molecule has 0 radical (unpaired) electrons. The molecule has 0 heterocycles. The Morgan fingerprint density at radius 2 is 1.71 bits per heavy atom. The summed E-state index contributed by atoms with van der Waals surface area (Å²) >= 11 is 0. The molecule has 0 aliphatic heterocycles. The van der Waals surface area contributed by atoms with Gasteiger partial charge in [0.05, 0.1) is 5.54 Å². The quantitative estimate of drug-likeness (QED) is 0.733. The highest BCUT2D eigenvalue weighted by Gasteiger charge is 2.56. The molecule has 100 valence electrons. The van der Waals surface area contributed by atoms with Gasteiger partial charge in [0, 0.05) is 12.0 Å². The summed E-state index contributed by atoms with van der Waals surface area (Å²) in [5, 5.41) is 0. The number of nitrogens with zero attached hydrogens (tertiary/aromatic N) is 1. The minimum atomic E-state index is -0.184. The van der Waals surface area contributed by atoms with Crippen molar-refractivity contribution in [3.63, 3.8) is 0 Å². The summed E-state index contributed by atoms with van der Waals surface area (Å²) in [5.74, 6) is 1.70. The Labute approximate surface area is 107 Å². The van der Waals surface area contributed by atoms with Crippen LogP contribution in [-0.4, -0.2) is 29.3 Å². The molecule has 0 N–H and O–H groups in total. The molecule has 2 nitrogen and oxygen atoms in total. The lowest BCUT2D eigenvalue weighted by Crippen LogP contribution is -2.67. The topological polar surface area (TPSA) is 20.3 Å². The van der Waals surface area contributed by atoms with Crippen molar-refractivity contribution in [3.8, 4) is 0 Å². The van der Waals surface area contributed by atoms with Crippen LogP contribution in [0.4, 0.5) is 0 Å². The number of rotatable bonds is 5. The molecule has 0 aromatic carbocycles. The second-order valence-electron chi connectivity index (χ2n) is 6.54. The fraction of sp³-hybridized carbons (Fsp3) is 0.933. The van der Waals surface area contributed by atoms with Crippen molar-refractivity contribution in [3.05, 3.63) is 0 Å². The van der Waals surface area contributed by atoms with Crippen molar-refractivity contribution >= 4 is 5.78 Å². The van der Waals surface area contributed by atoms with Crippen LogP contribution in [0.3, 0.4) is 0 Å². The summed E-state index contributed by atoms with van der Waals surface area (Å²) in [6, 6.07) is 0.430. The molecule has 1 aliphatic rings. The fourth-order valence-electron chi connectivity index (χ4n) is 3.35. The van der Waals surface area contributed by atoms with Gasteiger partial charge in [0.2, 0.25) is 0 Å². The monoisotopic (exact) mass is 239 g/mol. The van der Waals surface area contributed by atoms with E-state index in [0.29, 0.717) is 23.7 Å². The largest absolute Gasteiger partial charge is 0.297 e. The molecule has 2 atom stereocenters. The van der Waals surface area contributed by atoms with Crippen molar-refractivity contribution in [2.45, 2.75) is 66.0 Å². The minimum absolute atomic E-state index is 0.137. The number of hydrogen-bond donors (Lipinski definition) is 0. The molecule has 1 fully saturated rings. The predicted molar refractivity (Wildman–Crippen MR) is 73.0 cm³/mol. The first-order valence-electron chi connectivity index (χ1n) is 7.02. The van der Waals surface area contributed by atoms with Crippen molar-refractivity contribution in [1.29, 1.82) is 0 Å². The van der Waals surface area contributed by atoms with Gasteiger partial charge in [0.25, 0.3) is 0 Å². The van der Waals surface area contributed by atoms with E-state index in [1.54, 1.807) is 0 Å². The van der Waals surface area contributed by atoms with Gasteiger partial charge in [-0.1, -0.05) is 27.7 Å². The maximum Gasteiger partial charge on any atom is 0.155 e. The van der Waals surface area contributed by atoms with Crippen LogP contribution < -0.4 is 0 Å². The number of ketones is 1. The molecule has 0 aromatic rings. The smallest absolute Gasteiger partial charge is 0.155 e. The van der Waals surface area contributed by atoms with Gasteiger partial charge < -0.3 is 0 Å². The van der Waals surface area contributed by atoms with Crippen molar-refractivity contribution in [2.75, 3.05) is 7.05 Å². The Kier molecular flexibility index (Phi) is 4.40. The molecule has 0 aromatic heterocycles. The normalized spacial score (nSPS) is 29.2. The van der Waals surface area contributed by atoms with Gasteiger partial charge in [-0.2, -0.15) is 0 Å². The van der Waals surface area contributed by atoms with Gasteiger partial charge in [-0.25, -0.2) is 0 Å². The molecular formula is C15H29NO. The molecule has 1 saturated carbocycles. The molecule has 2 heteroatoms. The maximum atomic E-state index is 12.7. The first-order valence-corrected chi connectivity index (χ1v) is 7.02. The van der Waals surface area contributed by atoms with Crippen LogP contribution in [0, 0.1) is 17.8 Å². The molecule has 1 rings (SSSR count). The Morgan fingerprint density at radius 3 is 1.94 bits per heavy atom. The van der Waals surface area contributed by atoms with E-state index in [9.17, 15) is 4.79 Å². The predicted octanol–water partition coefficient (Wildman–Crippen LogP) is 3.36. The molecule has 0 spiro atoms. The van der Waals surface area contributed by atoms with Crippen molar-refractivity contribution < 1.29 is 4.79 Å². The molecular weight excluding hydrogens is 210 g/mol. The number of Topliss-reactive ketones (excluding diaryl/α,β-unsaturated/α-hetero) is 1. The first-order chi connectivity index (χ1) is 7.75. The molecule has 17 heavy (non-hydrogen) atoms. The van der Waals surface area contributed by atoms with Gasteiger partial charge in [-0.05, 0) is 45.6 Å². The first kappa shape index (κ1) is 14.7. The average Bonchev–Trinajstić information content (AvgIpc) is 2.14. The zero-order valence-corrected chi connectivity index (χ0v) is 12.6. The SMILES string of the molecule is CC(C)C(=O)C1(N(C)C(C)C)CCC1C(C)C. The van der Waals surface area contributed by atoms with Crippen LogP contribution in [0.15, 0.2) is 0 Å². The maximum absolute atomic E-state index is 12.7. The van der Waals surface area contributed by atoms with Crippen LogP contribution >= 0.6 is 0 Å². The van der Waals surface area contributed by atoms with Gasteiger partial charge in [-0.15, -0.1) is 0 Å². The lowest BCUT2D eigenvalue weighted by atomic mass is 9.57. The molecule has 0 saturated heterocycles. The van der Waals surface area contributed by atoms with Crippen LogP contribution in [0.1, 0.15) is 54.4 Å².